The van der Waals surface area contributed by atoms with Crippen LogP contribution in [0.2, 0.25) is 0 Å². The highest BCUT2D eigenvalue weighted by Gasteiger charge is 1.92. The molecule has 2 nitrogen and oxygen atoms in total. The SMILES string of the molecule is C/C=C/[C@H](O)C/C=C/C(C)=O. The average molecular weight is 154 g/mol. The smallest absolute Gasteiger partial charge is 0.152 e. The number of aliphatic hydroxyl groups excluding tert-OH is 1. The van der Waals surface area contributed by atoms with E-state index in [1.54, 1.807) is 18.2 Å². The van der Waals surface area contributed by atoms with Gasteiger partial charge in [0.05, 0.1) is 6.10 Å². The monoisotopic (exact) mass is 154 g/mol. The van der Waals surface area contributed by atoms with Crippen molar-refractivity contribution in [2.75, 3.05) is 0 Å². The van der Waals surface area contributed by atoms with Gasteiger partial charge in [-0.15, -0.1) is 0 Å². The minimum absolute atomic E-state index is 0.0117. The number of carbonyl (C=O) groups is 1. The van der Waals surface area contributed by atoms with E-state index in [0.717, 1.165) is 0 Å². The second kappa shape index (κ2) is 5.86. The van der Waals surface area contributed by atoms with Gasteiger partial charge in [0.2, 0.25) is 0 Å². The molecular weight excluding hydrogens is 140 g/mol. The molecule has 0 aliphatic rings. The van der Waals surface area contributed by atoms with Crippen molar-refractivity contribution in [2.45, 2.75) is 26.4 Å². The summed E-state index contributed by atoms with van der Waals surface area (Å²) in [6.45, 7) is 3.33. The summed E-state index contributed by atoms with van der Waals surface area (Å²) in [6.07, 6.45) is 6.65. The Bertz CT molecular complexity index is 168. The Balaban J connectivity index is 3.61. The molecule has 0 amide bonds. The van der Waals surface area contributed by atoms with Crippen LogP contribution >= 0.6 is 0 Å². The average Bonchev–Trinajstić information content (AvgIpc) is 1.87. The molecule has 1 N–H and O–H groups in total. The molecule has 0 aromatic heterocycles. The first-order chi connectivity index (χ1) is 5.16. The molecule has 0 saturated heterocycles. The topological polar surface area (TPSA) is 37.3 Å². The Morgan fingerprint density at radius 3 is 2.73 bits per heavy atom. The molecule has 0 bridgehead atoms. The maximum Gasteiger partial charge on any atom is 0.152 e. The van der Waals surface area contributed by atoms with Gasteiger partial charge in [0.15, 0.2) is 5.78 Å². The molecule has 0 aliphatic heterocycles. The van der Waals surface area contributed by atoms with E-state index in [2.05, 4.69) is 0 Å². The van der Waals surface area contributed by atoms with E-state index in [1.807, 2.05) is 6.92 Å². The van der Waals surface area contributed by atoms with Crippen molar-refractivity contribution >= 4 is 5.78 Å². The number of carbonyl (C=O) groups excluding carboxylic acids is 1. The van der Waals surface area contributed by atoms with Gasteiger partial charge in [0, 0.05) is 0 Å². The zero-order chi connectivity index (χ0) is 8.69. The minimum atomic E-state index is -0.462. The molecule has 0 saturated carbocycles. The third kappa shape index (κ3) is 7.00. The van der Waals surface area contributed by atoms with Gasteiger partial charge in [-0.05, 0) is 26.3 Å². The van der Waals surface area contributed by atoms with Crippen molar-refractivity contribution in [3.05, 3.63) is 24.3 Å². The first kappa shape index (κ1) is 10.1. The molecule has 0 unspecified atom stereocenters. The van der Waals surface area contributed by atoms with E-state index in [0.29, 0.717) is 6.42 Å². The standard InChI is InChI=1S/C9H14O2/c1-3-5-9(11)7-4-6-8(2)10/h3-6,9,11H,7H2,1-2H3/b5-3+,6-4+/t9-/m0/s1. The predicted octanol–water partition coefficient (Wildman–Crippen LogP) is 1.46. The summed E-state index contributed by atoms with van der Waals surface area (Å²) in [5.41, 5.74) is 0. The molecule has 0 aromatic rings. The zero-order valence-corrected chi connectivity index (χ0v) is 6.95. The van der Waals surface area contributed by atoms with Crippen LogP contribution in [0.15, 0.2) is 24.3 Å². The lowest BCUT2D eigenvalue weighted by molar-refractivity contribution is -0.112. The predicted molar refractivity (Wildman–Crippen MR) is 45.3 cm³/mol. The molecule has 0 fully saturated rings. The van der Waals surface area contributed by atoms with E-state index in [-0.39, 0.29) is 5.78 Å². The second-order valence-electron chi connectivity index (χ2n) is 2.34. The highest BCUT2D eigenvalue weighted by Crippen LogP contribution is 1.94. The molecule has 0 heterocycles. The van der Waals surface area contributed by atoms with Crippen LogP contribution < -0.4 is 0 Å². The van der Waals surface area contributed by atoms with Crippen molar-refractivity contribution < 1.29 is 9.90 Å². The zero-order valence-electron chi connectivity index (χ0n) is 6.95. The summed E-state index contributed by atoms with van der Waals surface area (Å²) >= 11 is 0. The number of allylic oxidation sites excluding steroid dienone is 2. The van der Waals surface area contributed by atoms with E-state index in [1.165, 1.54) is 13.0 Å². The summed E-state index contributed by atoms with van der Waals surface area (Å²) in [6, 6.07) is 0. The third-order valence-corrected chi connectivity index (χ3v) is 1.14. The molecule has 11 heavy (non-hydrogen) atoms. The minimum Gasteiger partial charge on any atom is -0.389 e. The molecular formula is C9H14O2. The first-order valence-corrected chi connectivity index (χ1v) is 3.64. The lowest BCUT2D eigenvalue weighted by Crippen LogP contribution is -1.99. The number of hydrogen-bond donors (Lipinski definition) is 1. The van der Waals surface area contributed by atoms with Crippen LogP contribution in [0.25, 0.3) is 0 Å². The van der Waals surface area contributed by atoms with Crippen molar-refractivity contribution in [3.63, 3.8) is 0 Å². The Labute approximate surface area is 67.2 Å². The normalized spacial score (nSPS) is 14.5. The fourth-order valence-electron chi connectivity index (χ4n) is 0.674. The Kier molecular flexibility index (Phi) is 5.39. The van der Waals surface area contributed by atoms with Crippen molar-refractivity contribution in [3.8, 4) is 0 Å². The van der Waals surface area contributed by atoms with Gasteiger partial charge in [-0.1, -0.05) is 18.2 Å². The fourth-order valence-corrected chi connectivity index (χ4v) is 0.674. The van der Waals surface area contributed by atoms with Gasteiger partial charge in [0.25, 0.3) is 0 Å². The van der Waals surface area contributed by atoms with E-state index in [9.17, 15) is 4.79 Å². The van der Waals surface area contributed by atoms with Crippen LogP contribution in [0.3, 0.4) is 0 Å². The summed E-state index contributed by atoms with van der Waals surface area (Å²) in [5, 5.41) is 9.11. The molecule has 0 rings (SSSR count). The number of aliphatic hydroxyl groups is 1. The summed E-state index contributed by atoms with van der Waals surface area (Å²) in [7, 11) is 0. The van der Waals surface area contributed by atoms with Crippen LogP contribution in [0.4, 0.5) is 0 Å². The maximum absolute atomic E-state index is 10.4. The molecule has 2 heteroatoms. The number of hydrogen-bond acceptors (Lipinski definition) is 2. The number of ketones is 1. The van der Waals surface area contributed by atoms with Crippen LogP contribution in [0.5, 0.6) is 0 Å². The van der Waals surface area contributed by atoms with Crippen LogP contribution in [0.1, 0.15) is 20.3 Å². The maximum atomic E-state index is 10.4. The van der Waals surface area contributed by atoms with Gasteiger partial charge >= 0.3 is 0 Å². The van der Waals surface area contributed by atoms with Crippen LogP contribution in [0, 0.1) is 0 Å². The van der Waals surface area contributed by atoms with Gasteiger partial charge in [-0.2, -0.15) is 0 Å². The quantitative estimate of drug-likeness (QED) is 0.491. The van der Waals surface area contributed by atoms with Crippen LogP contribution in [-0.2, 0) is 4.79 Å². The van der Waals surface area contributed by atoms with Gasteiger partial charge in [-0.25, -0.2) is 0 Å². The molecule has 0 aliphatic carbocycles. The third-order valence-electron chi connectivity index (χ3n) is 1.14. The molecule has 0 radical (unpaired) electrons. The van der Waals surface area contributed by atoms with Gasteiger partial charge in [0.1, 0.15) is 0 Å². The summed E-state index contributed by atoms with van der Waals surface area (Å²) < 4.78 is 0. The van der Waals surface area contributed by atoms with Gasteiger partial charge < -0.3 is 5.11 Å². The number of rotatable bonds is 4. The van der Waals surface area contributed by atoms with E-state index in [4.69, 9.17) is 5.11 Å². The van der Waals surface area contributed by atoms with Crippen molar-refractivity contribution in [1.29, 1.82) is 0 Å². The van der Waals surface area contributed by atoms with Crippen LogP contribution in [-0.4, -0.2) is 17.0 Å². The van der Waals surface area contributed by atoms with Crippen molar-refractivity contribution in [2.24, 2.45) is 0 Å². The molecule has 0 aromatic carbocycles. The molecule has 0 spiro atoms. The van der Waals surface area contributed by atoms with E-state index >= 15 is 0 Å². The second-order valence-corrected chi connectivity index (χ2v) is 2.34. The Morgan fingerprint density at radius 1 is 1.64 bits per heavy atom. The highest BCUT2D eigenvalue weighted by molar-refractivity contribution is 5.87. The van der Waals surface area contributed by atoms with Crippen molar-refractivity contribution in [1.82, 2.24) is 0 Å². The highest BCUT2D eigenvalue weighted by atomic mass is 16.3. The molecule has 62 valence electrons. The van der Waals surface area contributed by atoms with Gasteiger partial charge in [-0.3, -0.25) is 4.79 Å². The Morgan fingerprint density at radius 2 is 2.27 bits per heavy atom. The van der Waals surface area contributed by atoms with E-state index < -0.39 is 6.10 Å². The molecule has 1 atom stereocenters. The lowest BCUT2D eigenvalue weighted by atomic mass is 10.2. The summed E-state index contributed by atoms with van der Waals surface area (Å²) in [4.78, 5) is 10.4. The fraction of sp³-hybridized carbons (Fsp3) is 0.444. The lowest BCUT2D eigenvalue weighted by Gasteiger charge is -1.97. The first-order valence-electron chi connectivity index (χ1n) is 3.64. The Hall–Kier alpha value is -0.890. The summed E-state index contributed by atoms with van der Waals surface area (Å²) in [5.74, 6) is 0.0117. The largest absolute Gasteiger partial charge is 0.389 e.